The zero-order valence-corrected chi connectivity index (χ0v) is 17.1. The Kier molecular flexibility index (Phi) is 5.32. The lowest BCUT2D eigenvalue weighted by Crippen LogP contribution is -2.14. The van der Waals surface area contributed by atoms with E-state index in [1.54, 1.807) is 18.8 Å². The minimum atomic E-state index is -0.216. The first-order valence-corrected chi connectivity index (χ1v) is 10.3. The highest BCUT2D eigenvalue weighted by Crippen LogP contribution is 2.30. The third-order valence-corrected chi connectivity index (χ3v) is 5.80. The van der Waals surface area contributed by atoms with Crippen LogP contribution in [0.25, 0.3) is 5.65 Å². The molecule has 7 nitrogen and oxygen atoms in total. The Morgan fingerprint density at radius 3 is 2.86 bits per heavy atom. The predicted octanol–water partition coefficient (Wildman–Crippen LogP) is 4.07. The van der Waals surface area contributed by atoms with Crippen molar-refractivity contribution >= 4 is 27.9 Å². The van der Waals surface area contributed by atoms with Crippen LogP contribution < -0.4 is 10.1 Å². The van der Waals surface area contributed by atoms with E-state index in [-0.39, 0.29) is 11.8 Å². The summed E-state index contributed by atoms with van der Waals surface area (Å²) in [6.45, 7) is 5.65. The molecule has 0 unspecified atom stereocenters. The molecular weight excluding hydrogens is 376 g/mol. The maximum Gasteiger partial charge on any atom is 0.261 e. The molecule has 1 fully saturated rings. The number of rotatable bonds is 5. The van der Waals surface area contributed by atoms with Gasteiger partial charge >= 0.3 is 0 Å². The van der Waals surface area contributed by atoms with E-state index in [2.05, 4.69) is 24.1 Å². The molecule has 1 amide bonds. The summed E-state index contributed by atoms with van der Waals surface area (Å²) in [5, 5.41) is 3.76. The lowest BCUT2D eigenvalue weighted by Gasteiger charge is -2.19. The second kappa shape index (κ2) is 7.89. The van der Waals surface area contributed by atoms with Crippen LogP contribution in [0.1, 0.15) is 60.3 Å². The second-order valence-corrected chi connectivity index (χ2v) is 8.10. The fourth-order valence-corrected chi connectivity index (χ4v) is 4.33. The summed E-state index contributed by atoms with van der Waals surface area (Å²) in [5.74, 6) is 0.917. The molecule has 0 spiro atoms. The highest BCUT2D eigenvalue weighted by atomic mass is 32.1. The fraction of sp³-hybridized carbons (Fsp3) is 0.450. The van der Waals surface area contributed by atoms with Gasteiger partial charge in [-0.2, -0.15) is 0 Å². The first-order valence-electron chi connectivity index (χ1n) is 9.46. The summed E-state index contributed by atoms with van der Waals surface area (Å²) < 4.78 is 12.8. The Hall–Kier alpha value is -2.45. The fourth-order valence-electron chi connectivity index (χ4n) is 3.49. The van der Waals surface area contributed by atoms with E-state index in [0.29, 0.717) is 17.2 Å². The maximum absolute atomic E-state index is 13.0. The van der Waals surface area contributed by atoms with Crippen molar-refractivity contribution in [3.63, 3.8) is 0 Å². The van der Waals surface area contributed by atoms with Crippen molar-refractivity contribution < 1.29 is 14.3 Å². The number of amides is 1. The number of hydrogen-bond donors (Lipinski definition) is 1. The highest BCUT2D eigenvalue weighted by Gasteiger charge is 2.22. The summed E-state index contributed by atoms with van der Waals surface area (Å²) in [4.78, 5) is 22.1. The largest absolute Gasteiger partial charge is 0.496 e. The molecular formula is C20H24N4O3S. The van der Waals surface area contributed by atoms with Crippen LogP contribution in [0.15, 0.2) is 24.0 Å². The van der Waals surface area contributed by atoms with Crippen molar-refractivity contribution in [3.8, 4) is 5.75 Å². The lowest BCUT2D eigenvalue weighted by molar-refractivity contribution is 0.0846. The van der Waals surface area contributed by atoms with E-state index in [1.807, 2.05) is 16.7 Å². The van der Waals surface area contributed by atoms with Gasteiger partial charge in [-0.15, -0.1) is 11.3 Å². The molecule has 0 atom stereocenters. The maximum atomic E-state index is 13.0. The molecule has 8 heteroatoms. The van der Waals surface area contributed by atoms with Crippen molar-refractivity contribution in [2.75, 3.05) is 25.6 Å². The molecule has 0 aliphatic carbocycles. The summed E-state index contributed by atoms with van der Waals surface area (Å²) >= 11 is 1.43. The van der Waals surface area contributed by atoms with E-state index in [0.717, 1.165) is 48.1 Å². The first kappa shape index (κ1) is 18.9. The molecule has 1 saturated heterocycles. The SMILES string of the molecule is COc1cc2nc(C3CCOCC3)cn2cc1C(=O)Nc1scnc1C(C)C. The third-order valence-electron chi connectivity index (χ3n) is 5.05. The monoisotopic (exact) mass is 400 g/mol. The van der Waals surface area contributed by atoms with Crippen LogP contribution in [0, 0.1) is 0 Å². The van der Waals surface area contributed by atoms with Crippen LogP contribution in [-0.2, 0) is 4.74 Å². The molecule has 3 aromatic heterocycles. The average Bonchev–Trinajstić information content (AvgIpc) is 3.33. The number of ether oxygens (including phenoxy) is 2. The van der Waals surface area contributed by atoms with E-state index in [4.69, 9.17) is 14.5 Å². The number of carbonyl (C=O) groups is 1. The zero-order valence-electron chi connectivity index (χ0n) is 16.3. The topological polar surface area (TPSA) is 77.8 Å². The predicted molar refractivity (Wildman–Crippen MR) is 109 cm³/mol. The van der Waals surface area contributed by atoms with Crippen LogP contribution in [0.4, 0.5) is 5.00 Å². The number of pyridine rings is 1. The van der Waals surface area contributed by atoms with Crippen molar-refractivity contribution in [2.45, 2.75) is 38.5 Å². The summed E-state index contributed by atoms with van der Waals surface area (Å²) in [6, 6.07) is 1.81. The molecule has 4 heterocycles. The molecule has 1 aliphatic rings. The van der Waals surface area contributed by atoms with Gasteiger partial charge in [-0.25, -0.2) is 9.97 Å². The van der Waals surface area contributed by atoms with Crippen molar-refractivity contribution in [1.82, 2.24) is 14.4 Å². The Balaban J connectivity index is 1.65. The number of fused-ring (bicyclic) bond motifs is 1. The van der Waals surface area contributed by atoms with Crippen LogP contribution in [0.2, 0.25) is 0 Å². The van der Waals surface area contributed by atoms with Gasteiger partial charge in [-0.1, -0.05) is 13.8 Å². The molecule has 0 saturated carbocycles. The van der Waals surface area contributed by atoms with Gasteiger partial charge in [0.25, 0.3) is 5.91 Å². The summed E-state index contributed by atoms with van der Waals surface area (Å²) in [5.41, 5.74) is 4.92. The Morgan fingerprint density at radius 2 is 2.14 bits per heavy atom. The summed E-state index contributed by atoms with van der Waals surface area (Å²) in [7, 11) is 1.57. The average molecular weight is 401 g/mol. The second-order valence-electron chi connectivity index (χ2n) is 7.25. The minimum Gasteiger partial charge on any atom is -0.496 e. The highest BCUT2D eigenvalue weighted by molar-refractivity contribution is 7.14. The number of carbonyl (C=O) groups excluding carboxylic acids is 1. The number of methoxy groups -OCH3 is 1. The smallest absolute Gasteiger partial charge is 0.261 e. The zero-order chi connectivity index (χ0) is 19.7. The molecule has 1 aliphatic heterocycles. The van der Waals surface area contributed by atoms with Crippen molar-refractivity contribution in [3.05, 3.63) is 40.9 Å². The molecule has 28 heavy (non-hydrogen) atoms. The number of anilines is 1. The lowest BCUT2D eigenvalue weighted by atomic mass is 9.97. The number of imidazole rings is 1. The van der Waals surface area contributed by atoms with Crippen LogP contribution in [-0.4, -0.2) is 40.6 Å². The molecule has 0 aromatic carbocycles. The number of hydrogen-bond acceptors (Lipinski definition) is 6. The first-order chi connectivity index (χ1) is 13.6. The third kappa shape index (κ3) is 3.62. The number of thiazole rings is 1. The quantitative estimate of drug-likeness (QED) is 0.699. The van der Waals surface area contributed by atoms with E-state index in [9.17, 15) is 4.79 Å². The van der Waals surface area contributed by atoms with E-state index >= 15 is 0 Å². The molecule has 148 valence electrons. The van der Waals surface area contributed by atoms with Crippen molar-refractivity contribution in [2.24, 2.45) is 0 Å². The van der Waals surface area contributed by atoms with Gasteiger partial charge < -0.3 is 19.2 Å². The minimum absolute atomic E-state index is 0.216. The van der Waals surface area contributed by atoms with E-state index < -0.39 is 0 Å². The van der Waals surface area contributed by atoms with Gasteiger partial charge in [-0.3, -0.25) is 4.79 Å². The number of nitrogens with one attached hydrogen (secondary N) is 1. The van der Waals surface area contributed by atoms with Crippen LogP contribution in [0.3, 0.4) is 0 Å². The summed E-state index contributed by atoms with van der Waals surface area (Å²) in [6.07, 6.45) is 5.73. The van der Waals surface area contributed by atoms with Gasteiger partial charge in [0.1, 0.15) is 16.4 Å². The Labute approximate surface area is 167 Å². The molecule has 1 N–H and O–H groups in total. The van der Waals surface area contributed by atoms with Gasteiger partial charge in [-0.05, 0) is 18.8 Å². The van der Waals surface area contributed by atoms with Gasteiger partial charge in [0.2, 0.25) is 0 Å². The number of nitrogens with zero attached hydrogens (tertiary/aromatic N) is 3. The Morgan fingerprint density at radius 1 is 1.36 bits per heavy atom. The van der Waals surface area contributed by atoms with Crippen molar-refractivity contribution in [1.29, 1.82) is 0 Å². The van der Waals surface area contributed by atoms with E-state index in [1.165, 1.54) is 11.3 Å². The normalized spacial score (nSPS) is 15.3. The molecule has 4 rings (SSSR count). The van der Waals surface area contributed by atoms with Gasteiger partial charge in [0, 0.05) is 37.6 Å². The molecule has 3 aromatic rings. The molecule has 0 bridgehead atoms. The Bertz CT molecular complexity index is 989. The van der Waals surface area contributed by atoms with Gasteiger partial charge in [0.15, 0.2) is 0 Å². The number of aromatic nitrogens is 3. The van der Waals surface area contributed by atoms with Crippen LogP contribution >= 0.6 is 11.3 Å². The standard InChI is InChI=1S/C20H24N4O3S/c1-12(2)18-20(28-11-21-18)23-19(25)14-9-24-10-15(13-4-6-27-7-5-13)22-17(24)8-16(14)26-3/h8-13H,4-7H2,1-3H3,(H,23,25). The van der Waals surface area contributed by atoms with Gasteiger partial charge in [0.05, 0.1) is 29.6 Å². The molecule has 0 radical (unpaired) electrons. The van der Waals surface area contributed by atoms with Crippen LogP contribution in [0.5, 0.6) is 5.75 Å².